The van der Waals surface area contributed by atoms with E-state index in [-0.39, 0.29) is 0 Å². The number of hydrogen-bond acceptors (Lipinski definition) is 1. The van der Waals surface area contributed by atoms with Gasteiger partial charge in [0.15, 0.2) is 8.07 Å². The zero-order chi connectivity index (χ0) is 38.2. The molecule has 0 bridgehead atoms. The van der Waals surface area contributed by atoms with Crippen molar-refractivity contribution in [2.75, 3.05) is 0 Å². The molecular formula is C54H36N2OSi. The fourth-order valence-corrected chi connectivity index (χ4v) is 14.8. The van der Waals surface area contributed by atoms with Gasteiger partial charge in [-0.15, -0.1) is 0 Å². The lowest BCUT2D eigenvalue weighted by Crippen LogP contribution is -2.75. The van der Waals surface area contributed by atoms with E-state index in [0.717, 1.165) is 38.8 Å². The van der Waals surface area contributed by atoms with Crippen LogP contribution in [0.2, 0.25) is 0 Å². The van der Waals surface area contributed by atoms with E-state index in [1.165, 1.54) is 58.8 Å². The highest BCUT2D eigenvalue weighted by molar-refractivity contribution is 7.20. The molecule has 0 saturated carbocycles. The number of aromatic nitrogens is 2. The molecule has 58 heavy (non-hydrogen) atoms. The van der Waals surface area contributed by atoms with Crippen molar-refractivity contribution in [2.45, 2.75) is 0 Å². The number of rotatable bonds is 6. The smallest absolute Gasteiger partial charge is 0.181 e. The van der Waals surface area contributed by atoms with Crippen LogP contribution in [0, 0.1) is 0 Å². The van der Waals surface area contributed by atoms with Crippen LogP contribution in [-0.4, -0.2) is 17.2 Å². The summed E-state index contributed by atoms with van der Waals surface area (Å²) in [6.45, 7) is 0. The number of nitrogens with zero attached hydrogens (tertiary/aromatic N) is 2. The monoisotopic (exact) mass is 756 g/mol. The van der Waals surface area contributed by atoms with Gasteiger partial charge in [-0.2, -0.15) is 0 Å². The van der Waals surface area contributed by atoms with Crippen LogP contribution in [0.1, 0.15) is 0 Å². The van der Waals surface area contributed by atoms with Gasteiger partial charge in [0, 0.05) is 49.8 Å². The van der Waals surface area contributed by atoms with Crippen molar-refractivity contribution in [1.29, 1.82) is 0 Å². The predicted molar refractivity (Wildman–Crippen MR) is 246 cm³/mol. The average Bonchev–Trinajstić information content (AvgIpc) is 3.94. The maximum absolute atomic E-state index is 6.50. The highest BCUT2D eigenvalue weighted by Gasteiger charge is 2.44. The standard InChI is InChI=1S/C54H36N2OSi/c1-4-18-37(19-5-1)56-49-31-14-10-26-42(49)45-29-17-33-53(54(45)56)58(39-21-6-2-7-22-39,40-23-8-3-9-24-40)41-25-16-20-38(34-41)55-48-30-13-11-27-43(48)46-35-47-44-28-12-15-32-51(44)57-52(47)36-50(46)55/h1-36H. The molecule has 0 aliphatic rings. The van der Waals surface area contributed by atoms with Crippen molar-refractivity contribution in [3.8, 4) is 11.4 Å². The van der Waals surface area contributed by atoms with E-state index >= 15 is 0 Å². The van der Waals surface area contributed by atoms with Crippen molar-refractivity contribution in [3.63, 3.8) is 0 Å². The van der Waals surface area contributed by atoms with Gasteiger partial charge < -0.3 is 13.6 Å². The van der Waals surface area contributed by atoms with Crippen molar-refractivity contribution in [2.24, 2.45) is 0 Å². The van der Waals surface area contributed by atoms with Crippen LogP contribution in [0.4, 0.5) is 0 Å². The molecule has 3 nitrogen and oxygen atoms in total. The third kappa shape index (κ3) is 4.67. The SMILES string of the molecule is c1ccc(-n2c3ccccc3c3cccc([Si](c4ccccc4)(c4ccccc4)c4cccc(-n5c6ccccc6c6cc7c(cc65)oc5ccccc57)c4)c32)cc1. The van der Waals surface area contributed by atoms with Crippen molar-refractivity contribution < 1.29 is 4.42 Å². The van der Waals surface area contributed by atoms with Gasteiger partial charge in [0.1, 0.15) is 11.2 Å². The van der Waals surface area contributed by atoms with Gasteiger partial charge in [-0.05, 0) is 69.3 Å². The normalized spacial score (nSPS) is 12.1. The molecule has 0 aliphatic carbocycles. The van der Waals surface area contributed by atoms with Crippen LogP contribution in [0.3, 0.4) is 0 Å². The first kappa shape index (κ1) is 32.8. The Hall–Kier alpha value is -7.40. The molecule has 0 N–H and O–H groups in total. The van der Waals surface area contributed by atoms with E-state index in [1.54, 1.807) is 0 Å². The molecule has 0 amide bonds. The Morgan fingerprint density at radius 3 is 1.57 bits per heavy atom. The number of benzene rings is 9. The van der Waals surface area contributed by atoms with Crippen LogP contribution in [0.5, 0.6) is 0 Å². The molecular weight excluding hydrogens is 721 g/mol. The predicted octanol–water partition coefficient (Wildman–Crippen LogP) is 11.2. The van der Waals surface area contributed by atoms with Gasteiger partial charge in [0.05, 0.1) is 22.1 Å². The molecule has 12 rings (SSSR count). The van der Waals surface area contributed by atoms with Gasteiger partial charge >= 0.3 is 0 Å². The number of para-hydroxylation sites is 5. The summed E-state index contributed by atoms with van der Waals surface area (Å²) in [5.74, 6) is 0. The molecule has 12 aromatic rings. The molecule has 9 aromatic carbocycles. The largest absolute Gasteiger partial charge is 0.456 e. The van der Waals surface area contributed by atoms with E-state index in [1.807, 2.05) is 6.07 Å². The summed E-state index contributed by atoms with van der Waals surface area (Å²) >= 11 is 0. The number of hydrogen-bond donors (Lipinski definition) is 0. The van der Waals surface area contributed by atoms with Gasteiger partial charge in [-0.3, -0.25) is 0 Å². The van der Waals surface area contributed by atoms with Crippen LogP contribution >= 0.6 is 0 Å². The maximum Gasteiger partial charge on any atom is 0.181 e. The second-order valence-electron chi connectivity index (χ2n) is 15.2. The molecule has 0 aliphatic heterocycles. The summed E-state index contributed by atoms with van der Waals surface area (Å²) in [6, 6.07) is 80.4. The summed E-state index contributed by atoms with van der Waals surface area (Å²) in [6.07, 6.45) is 0. The third-order valence-corrected chi connectivity index (χ3v) is 17.0. The Labute approximate surface area is 336 Å². The van der Waals surface area contributed by atoms with E-state index in [0.29, 0.717) is 0 Å². The van der Waals surface area contributed by atoms with Crippen molar-refractivity contribution in [1.82, 2.24) is 9.13 Å². The van der Waals surface area contributed by atoms with Gasteiger partial charge in [-0.25, -0.2) is 0 Å². The fourth-order valence-electron chi connectivity index (χ4n) is 9.85. The zero-order valence-electron chi connectivity index (χ0n) is 31.6. The van der Waals surface area contributed by atoms with Crippen LogP contribution in [-0.2, 0) is 0 Å². The molecule has 3 aromatic heterocycles. The van der Waals surface area contributed by atoms with Crippen molar-refractivity contribution in [3.05, 3.63) is 218 Å². The Morgan fingerprint density at radius 1 is 0.310 bits per heavy atom. The molecule has 4 heteroatoms. The number of fused-ring (bicyclic) bond motifs is 9. The van der Waals surface area contributed by atoms with Crippen molar-refractivity contribution >= 4 is 94.4 Å². The van der Waals surface area contributed by atoms with Crippen LogP contribution in [0.25, 0.3) is 76.9 Å². The summed E-state index contributed by atoms with van der Waals surface area (Å²) in [5.41, 5.74) is 8.84. The minimum absolute atomic E-state index is 0.895. The van der Waals surface area contributed by atoms with E-state index in [2.05, 4.69) is 221 Å². The maximum atomic E-state index is 6.50. The Kier molecular flexibility index (Phi) is 7.25. The second-order valence-corrected chi connectivity index (χ2v) is 19.0. The van der Waals surface area contributed by atoms with Gasteiger partial charge in [-0.1, -0.05) is 164 Å². The first-order chi connectivity index (χ1) is 28.8. The molecule has 0 atom stereocenters. The lowest BCUT2D eigenvalue weighted by atomic mass is 10.1. The molecule has 0 radical (unpaired) electrons. The molecule has 0 unspecified atom stereocenters. The third-order valence-electron chi connectivity index (χ3n) is 12.2. The number of furan rings is 1. The molecule has 0 spiro atoms. The van der Waals surface area contributed by atoms with Gasteiger partial charge in [0.25, 0.3) is 0 Å². The minimum atomic E-state index is -3.09. The van der Waals surface area contributed by atoms with E-state index < -0.39 is 8.07 Å². The Balaban J connectivity index is 1.21. The van der Waals surface area contributed by atoms with Gasteiger partial charge in [0.2, 0.25) is 0 Å². The van der Waals surface area contributed by atoms with E-state index in [4.69, 9.17) is 4.42 Å². The molecule has 0 saturated heterocycles. The lowest BCUT2D eigenvalue weighted by Gasteiger charge is -2.35. The Bertz CT molecular complexity index is 3470. The first-order valence-corrected chi connectivity index (χ1v) is 21.9. The summed E-state index contributed by atoms with van der Waals surface area (Å²) in [7, 11) is -3.09. The topological polar surface area (TPSA) is 23.0 Å². The van der Waals surface area contributed by atoms with E-state index in [9.17, 15) is 0 Å². The zero-order valence-corrected chi connectivity index (χ0v) is 32.6. The van der Waals surface area contributed by atoms with Crippen LogP contribution < -0.4 is 20.7 Å². The quantitative estimate of drug-likeness (QED) is 0.122. The summed E-state index contributed by atoms with van der Waals surface area (Å²) in [4.78, 5) is 0. The fraction of sp³-hybridized carbons (Fsp3) is 0. The second kappa shape index (κ2) is 12.8. The van der Waals surface area contributed by atoms with Crippen LogP contribution in [0.15, 0.2) is 223 Å². The minimum Gasteiger partial charge on any atom is -0.456 e. The molecule has 0 fully saturated rings. The Morgan fingerprint density at radius 2 is 0.845 bits per heavy atom. The summed E-state index contributed by atoms with van der Waals surface area (Å²) < 4.78 is 11.4. The highest BCUT2D eigenvalue weighted by atomic mass is 28.3. The highest BCUT2D eigenvalue weighted by Crippen LogP contribution is 2.38. The lowest BCUT2D eigenvalue weighted by molar-refractivity contribution is 0.669. The average molecular weight is 757 g/mol. The summed E-state index contributed by atoms with van der Waals surface area (Å²) in [5, 5.41) is 12.6. The molecule has 272 valence electrons. The first-order valence-electron chi connectivity index (χ1n) is 19.9. The molecule has 3 heterocycles.